The lowest BCUT2D eigenvalue weighted by molar-refractivity contribution is 0.101. The van der Waals surface area contributed by atoms with E-state index in [9.17, 15) is 9.59 Å². The Morgan fingerprint density at radius 2 is 1.97 bits per heavy atom. The largest absolute Gasteiger partial charge is 0.492 e. The Morgan fingerprint density at radius 1 is 1.13 bits per heavy atom. The van der Waals surface area contributed by atoms with Crippen LogP contribution in [-0.2, 0) is 13.0 Å². The first-order valence-corrected chi connectivity index (χ1v) is 10.4. The van der Waals surface area contributed by atoms with Crippen LogP contribution in [0.3, 0.4) is 0 Å². The molecule has 0 spiro atoms. The molecule has 4 aromatic rings. The molecule has 0 saturated carbocycles. The number of nitrogens with one attached hydrogen (secondary N) is 1. The van der Waals surface area contributed by atoms with Gasteiger partial charge >= 0.3 is 0 Å². The lowest BCUT2D eigenvalue weighted by Gasteiger charge is -2.08. The topological polar surface area (TPSA) is 86.1 Å². The molecule has 2 aromatic heterocycles. The number of carbonyl (C=O) groups is 1. The van der Waals surface area contributed by atoms with Crippen LogP contribution >= 0.6 is 11.3 Å². The number of aryl methyl sites for hydroxylation is 1. The van der Waals surface area contributed by atoms with Crippen LogP contribution in [0.25, 0.3) is 10.2 Å². The van der Waals surface area contributed by atoms with E-state index in [1.165, 1.54) is 33.7 Å². The monoisotopic (exact) mass is 420 g/mol. The molecule has 0 bridgehead atoms. The number of nitrogens with zero attached hydrogens (tertiary/aromatic N) is 3. The van der Waals surface area contributed by atoms with Crippen LogP contribution in [0.4, 0.5) is 5.13 Å². The highest BCUT2D eigenvalue weighted by Crippen LogP contribution is 2.27. The van der Waals surface area contributed by atoms with Crippen LogP contribution in [-0.4, -0.2) is 27.3 Å². The van der Waals surface area contributed by atoms with Crippen molar-refractivity contribution in [2.24, 2.45) is 0 Å². The van der Waals surface area contributed by atoms with E-state index in [1.54, 1.807) is 0 Å². The van der Waals surface area contributed by atoms with Crippen molar-refractivity contribution in [1.82, 2.24) is 14.8 Å². The Kier molecular flexibility index (Phi) is 5.85. The quantitative estimate of drug-likeness (QED) is 0.492. The summed E-state index contributed by atoms with van der Waals surface area (Å²) in [6.45, 7) is 2.59. The molecule has 0 aliphatic rings. The van der Waals surface area contributed by atoms with Crippen molar-refractivity contribution in [2.75, 3.05) is 11.9 Å². The van der Waals surface area contributed by atoms with Gasteiger partial charge in [-0.2, -0.15) is 5.10 Å². The summed E-state index contributed by atoms with van der Waals surface area (Å²) in [7, 11) is 0. The Balaban J connectivity index is 1.45. The molecule has 8 heteroatoms. The van der Waals surface area contributed by atoms with Crippen molar-refractivity contribution in [3.63, 3.8) is 0 Å². The maximum absolute atomic E-state index is 12.6. The smallest absolute Gasteiger partial charge is 0.277 e. The zero-order valence-corrected chi connectivity index (χ0v) is 17.2. The van der Waals surface area contributed by atoms with E-state index in [0.29, 0.717) is 10.9 Å². The first-order chi connectivity index (χ1) is 14.6. The van der Waals surface area contributed by atoms with Crippen molar-refractivity contribution in [3.05, 3.63) is 82.3 Å². The average molecular weight is 420 g/mol. The summed E-state index contributed by atoms with van der Waals surface area (Å²) >= 11 is 1.41. The van der Waals surface area contributed by atoms with Gasteiger partial charge in [0.2, 0.25) is 0 Å². The fourth-order valence-electron chi connectivity index (χ4n) is 2.90. The van der Waals surface area contributed by atoms with Crippen LogP contribution in [0.15, 0.2) is 65.5 Å². The summed E-state index contributed by atoms with van der Waals surface area (Å²) in [5, 5.41) is 7.44. The molecule has 2 aromatic carbocycles. The second-order valence-electron chi connectivity index (χ2n) is 6.57. The average Bonchev–Trinajstić information content (AvgIpc) is 3.17. The van der Waals surface area contributed by atoms with Gasteiger partial charge < -0.3 is 4.74 Å². The van der Waals surface area contributed by atoms with Gasteiger partial charge in [-0.25, -0.2) is 9.67 Å². The second kappa shape index (κ2) is 8.87. The first kappa shape index (κ1) is 19.8. The number of hydrogen-bond acceptors (Lipinski definition) is 6. The number of aromatic nitrogens is 3. The summed E-state index contributed by atoms with van der Waals surface area (Å²) in [6, 6.07) is 18.1. The van der Waals surface area contributed by atoms with Gasteiger partial charge in [0.1, 0.15) is 18.1 Å². The van der Waals surface area contributed by atoms with Crippen LogP contribution < -0.4 is 15.6 Å². The number of carbonyl (C=O) groups excluding carboxylic acids is 1. The van der Waals surface area contributed by atoms with Gasteiger partial charge in [-0.15, -0.1) is 0 Å². The van der Waals surface area contributed by atoms with Gasteiger partial charge in [-0.05, 0) is 42.3 Å². The number of fused-ring (bicyclic) bond motifs is 1. The van der Waals surface area contributed by atoms with Crippen LogP contribution in [0, 0.1) is 0 Å². The predicted octanol–water partition coefficient (Wildman–Crippen LogP) is 3.75. The predicted molar refractivity (Wildman–Crippen MR) is 117 cm³/mol. The molecule has 152 valence electrons. The number of ether oxygens (including phenoxy) is 1. The Hall–Kier alpha value is -3.52. The highest BCUT2D eigenvalue weighted by Gasteiger charge is 2.13. The molecular formula is C22H20N4O3S. The molecule has 0 aliphatic heterocycles. The summed E-state index contributed by atoms with van der Waals surface area (Å²) in [5.41, 5.74) is 1.90. The van der Waals surface area contributed by atoms with Crippen LogP contribution in [0.2, 0.25) is 0 Å². The molecule has 0 unspecified atom stereocenters. The fraction of sp³-hybridized carbons (Fsp3) is 0.182. The molecule has 4 rings (SSSR count). The minimum atomic E-state index is -0.414. The molecule has 1 amide bonds. The minimum absolute atomic E-state index is 0.141. The second-order valence-corrected chi connectivity index (χ2v) is 7.60. The van der Waals surface area contributed by atoms with E-state index < -0.39 is 5.91 Å². The molecule has 0 aliphatic carbocycles. The van der Waals surface area contributed by atoms with Crippen LogP contribution in [0.5, 0.6) is 5.75 Å². The molecule has 0 atom stereocenters. The lowest BCUT2D eigenvalue weighted by Crippen LogP contribution is -2.28. The van der Waals surface area contributed by atoms with Crippen molar-refractivity contribution < 1.29 is 9.53 Å². The number of rotatable bonds is 7. The molecule has 30 heavy (non-hydrogen) atoms. The van der Waals surface area contributed by atoms with E-state index in [4.69, 9.17) is 4.74 Å². The SMILES string of the molecule is CCc1ccc2nc(NC(=O)c3ccc(=O)n(CCOc4ccccc4)n3)sc2c1. The summed E-state index contributed by atoms with van der Waals surface area (Å²) in [4.78, 5) is 29.1. The standard InChI is InChI=1S/C22H20N4O3S/c1-2-15-8-9-17-19(14-15)30-22(23-17)24-21(28)18-10-11-20(27)26(25-18)12-13-29-16-6-4-3-5-7-16/h3-11,14H,2,12-13H2,1H3,(H,23,24,28). The molecule has 0 fully saturated rings. The third kappa shape index (κ3) is 4.55. The van der Waals surface area contributed by atoms with Crippen molar-refractivity contribution in [2.45, 2.75) is 19.9 Å². The molecular weight excluding hydrogens is 400 g/mol. The number of hydrogen-bond donors (Lipinski definition) is 1. The van der Waals surface area contributed by atoms with Gasteiger partial charge in [-0.1, -0.05) is 42.5 Å². The summed E-state index contributed by atoms with van der Waals surface area (Å²) < 4.78 is 7.85. The highest BCUT2D eigenvalue weighted by molar-refractivity contribution is 7.22. The Bertz CT molecular complexity index is 1230. The maximum Gasteiger partial charge on any atom is 0.277 e. The van der Waals surface area contributed by atoms with Crippen molar-refractivity contribution >= 4 is 32.6 Å². The van der Waals surface area contributed by atoms with Gasteiger partial charge in [0.05, 0.1) is 16.8 Å². The maximum atomic E-state index is 12.6. The zero-order valence-electron chi connectivity index (χ0n) is 16.4. The Morgan fingerprint density at radius 3 is 2.77 bits per heavy atom. The number of amides is 1. The number of benzene rings is 2. The van der Waals surface area contributed by atoms with Crippen LogP contribution in [0.1, 0.15) is 23.0 Å². The summed E-state index contributed by atoms with van der Waals surface area (Å²) in [5.74, 6) is 0.295. The van der Waals surface area contributed by atoms with Gasteiger partial charge in [0.25, 0.3) is 11.5 Å². The molecule has 7 nitrogen and oxygen atoms in total. The fourth-order valence-corrected chi connectivity index (χ4v) is 3.83. The van der Waals surface area contributed by atoms with E-state index in [0.717, 1.165) is 16.6 Å². The number of para-hydroxylation sites is 1. The van der Waals surface area contributed by atoms with Crippen molar-refractivity contribution in [3.8, 4) is 5.75 Å². The highest BCUT2D eigenvalue weighted by atomic mass is 32.1. The molecule has 2 heterocycles. The molecule has 1 N–H and O–H groups in total. The van der Waals surface area contributed by atoms with E-state index >= 15 is 0 Å². The van der Waals surface area contributed by atoms with Gasteiger partial charge in [0, 0.05) is 6.07 Å². The normalized spacial score (nSPS) is 10.8. The van der Waals surface area contributed by atoms with E-state index in [-0.39, 0.29) is 24.4 Å². The third-order valence-corrected chi connectivity index (χ3v) is 5.43. The van der Waals surface area contributed by atoms with E-state index in [2.05, 4.69) is 28.4 Å². The summed E-state index contributed by atoms with van der Waals surface area (Å²) in [6.07, 6.45) is 0.939. The third-order valence-electron chi connectivity index (χ3n) is 4.50. The van der Waals surface area contributed by atoms with Gasteiger partial charge in [0.15, 0.2) is 5.13 Å². The van der Waals surface area contributed by atoms with Crippen molar-refractivity contribution in [1.29, 1.82) is 0 Å². The minimum Gasteiger partial charge on any atom is -0.492 e. The zero-order chi connectivity index (χ0) is 20.9. The lowest BCUT2D eigenvalue weighted by atomic mass is 10.2. The van der Waals surface area contributed by atoms with Gasteiger partial charge in [-0.3, -0.25) is 14.9 Å². The number of thiazole rings is 1. The number of anilines is 1. The Labute approximate surface area is 177 Å². The van der Waals surface area contributed by atoms with E-state index in [1.807, 2.05) is 42.5 Å². The molecule has 0 radical (unpaired) electrons. The first-order valence-electron chi connectivity index (χ1n) is 9.59. The molecule has 0 saturated heterocycles.